The molecular formula is C13H13BrIN3. The average molecular weight is 418 g/mol. The van der Waals surface area contributed by atoms with Gasteiger partial charge in [-0.1, -0.05) is 22.9 Å². The van der Waals surface area contributed by atoms with Gasteiger partial charge in [0.2, 0.25) is 0 Å². The molecule has 0 radical (unpaired) electrons. The van der Waals surface area contributed by atoms with Crippen molar-refractivity contribution in [1.29, 1.82) is 0 Å². The average Bonchev–Trinajstić information content (AvgIpc) is 2.40. The van der Waals surface area contributed by atoms with Crippen molar-refractivity contribution < 1.29 is 0 Å². The highest BCUT2D eigenvalue weighted by molar-refractivity contribution is 14.1. The largest absolute Gasteiger partial charge is 0.306 e. The van der Waals surface area contributed by atoms with Crippen LogP contribution >= 0.6 is 38.5 Å². The molecule has 1 unspecified atom stereocenters. The van der Waals surface area contributed by atoms with Crippen molar-refractivity contribution >= 4 is 38.5 Å². The predicted octanol–water partition coefficient (Wildman–Crippen LogP) is 3.54. The number of benzene rings is 1. The van der Waals surface area contributed by atoms with Crippen LogP contribution in [0.15, 0.2) is 41.4 Å². The van der Waals surface area contributed by atoms with Crippen molar-refractivity contribution in [1.82, 2.24) is 15.3 Å². The zero-order valence-electron chi connectivity index (χ0n) is 9.90. The number of nitrogens with one attached hydrogen (secondary N) is 1. The van der Waals surface area contributed by atoms with Crippen molar-refractivity contribution in [2.75, 3.05) is 6.54 Å². The molecule has 3 nitrogen and oxygen atoms in total. The Morgan fingerprint density at radius 1 is 1.33 bits per heavy atom. The van der Waals surface area contributed by atoms with Gasteiger partial charge in [-0.15, -0.1) is 0 Å². The zero-order chi connectivity index (χ0) is 13.0. The molecule has 18 heavy (non-hydrogen) atoms. The Balaban J connectivity index is 2.44. The summed E-state index contributed by atoms with van der Waals surface area (Å²) in [5.41, 5.74) is 2.28. The lowest BCUT2D eigenvalue weighted by Gasteiger charge is -2.19. The fraction of sp³-hybridized carbons (Fsp3) is 0.231. The number of nitrogens with zero attached hydrogens (tertiary/aromatic N) is 2. The minimum atomic E-state index is 0.111. The SMILES string of the molecule is CCNC(c1cncnc1)c1cc(I)ccc1Br. The van der Waals surface area contributed by atoms with Crippen molar-refractivity contribution in [2.24, 2.45) is 0 Å². The Bertz CT molecular complexity index is 519. The first-order valence-electron chi connectivity index (χ1n) is 5.65. The summed E-state index contributed by atoms with van der Waals surface area (Å²) in [6.07, 6.45) is 5.26. The van der Waals surface area contributed by atoms with Gasteiger partial charge in [0.25, 0.3) is 0 Å². The van der Waals surface area contributed by atoms with Gasteiger partial charge in [-0.25, -0.2) is 9.97 Å². The van der Waals surface area contributed by atoms with Gasteiger partial charge in [-0.3, -0.25) is 0 Å². The second-order valence-electron chi connectivity index (χ2n) is 3.83. The predicted molar refractivity (Wildman–Crippen MR) is 84.4 cm³/mol. The van der Waals surface area contributed by atoms with Crippen LogP contribution < -0.4 is 5.32 Å². The molecule has 0 aliphatic heterocycles. The van der Waals surface area contributed by atoms with E-state index in [-0.39, 0.29) is 6.04 Å². The van der Waals surface area contributed by atoms with E-state index < -0.39 is 0 Å². The monoisotopic (exact) mass is 417 g/mol. The second-order valence-corrected chi connectivity index (χ2v) is 5.93. The molecule has 5 heteroatoms. The number of hydrogen-bond donors (Lipinski definition) is 1. The highest BCUT2D eigenvalue weighted by Gasteiger charge is 2.16. The van der Waals surface area contributed by atoms with Gasteiger partial charge in [0.15, 0.2) is 0 Å². The maximum absolute atomic E-state index is 4.10. The van der Waals surface area contributed by atoms with E-state index in [2.05, 4.69) is 78.9 Å². The first-order valence-corrected chi connectivity index (χ1v) is 7.52. The Hall–Kier alpha value is -0.530. The molecular weight excluding hydrogens is 405 g/mol. The molecule has 0 aliphatic rings. The summed E-state index contributed by atoms with van der Waals surface area (Å²) in [5.74, 6) is 0. The van der Waals surface area contributed by atoms with Crippen LogP contribution in [-0.4, -0.2) is 16.5 Å². The quantitative estimate of drug-likeness (QED) is 0.773. The molecule has 0 spiro atoms. The molecule has 0 saturated heterocycles. The second kappa shape index (κ2) is 6.58. The summed E-state index contributed by atoms with van der Waals surface area (Å²) < 4.78 is 2.31. The lowest BCUT2D eigenvalue weighted by atomic mass is 10.0. The first-order chi connectivity index (χ1) is 8.72. The summed E-state index contributed by atoms with van der Waals surface area (Å²) in [4.78, 5) is 8.19. The molecule has 1 atom stereocenters. The minimum absolute atomic E-state index is 0.111. The zero-order valence-corrected chi connectivity index (χ0v) is 13.6. The standard InChI is InChI=1S/C13H13BrIN3/c1-2-18-13(9-6-16-8-17-7-9)11-5-10(15)3-4-12(11)14/h3-8,13,18H,2H2,1H3. The van der Waals surface area contributed by atoms with Crippen LogP contribution in [0.5, 0.6) is 0 Å². The Labute approximate surface area is 129 Å². The summed E-state index contributed by atoms with van der Waals surface area (Å²) in [6.45, 7) is 2.98. The Kier molecular flexibility index (Phi) is 5.08. The molecule has 0 aliphatic carbocycles. The molecule has 1 heterocycles. The van der Waals surface area contributed by atoms with Crippen molar-refractivity contribution in [3.63, 3.8) is 0 Å². The van der Waals surface area contributed by atoms with E-state index in [1.54, 1.807) is 6.33 Å². The first kappa shape index (κ1) is 13.9. The van der Waals surface area contributed by atoms with Crippen LogP contribution in [0.25, 0.3) is 0 Å². The van der Waals surface area contributed by atoms with E-state index >= 15 is 0 Å². The summed E-state index contributed by atoms with van der Waals surface area (Å²) in [5, 5.41) is 3.47. The number of hydrogen-bond acceptors (Lipinski definition) is 3. The molecule has 1 aromatic heterocycles. The van der Waals surface area contributed by atoms with E-state index in [1.165, 1.54) is 9.13 Å². The van der Waals surface area contributed by atoms with Gasteiger partial charge >= 0.3 is 0 Å². The third kappa shape index (κ3) is 3.27. The van der Waals surface area contributed by atoms with E-state index in [0.29, 0.717) is 0 Å². The summed E-state index contributed by atoms with van der Waals surface area (Å²) >= 11 is 5.94. The van der Waals surface area contributed by atoms with Gasteiger partial charge in [0.1, 0.15) is 6.33 Å². The molecule has 2 aromatic rings. The van der Waals surface area contributed by atoms with Crippen LogP contribution in [-0.2, 0) is 0 Å². The van der Waals surface area contributed by atoms with Gasteiger partial charge in [-0.2, -0.15) is 0 Å². The number of aromatic nitrogens is 2. The van der Waals surface area contributed by atoms with Crippen LogP contribution in [0.2, 0.25) is 0 Å². The van der Waals surface area contributed by atoms with Crippen molar-refractivity contribution in [3.8, 4) is 0 Å². The van der Waals surface area contributed by atoms with Crippen LogP contribution in [0.3, 0.4) is 0 Å². The number of rotatable bonds is 4. The molecule has 0 amide bonds. The van der Waals surface area contributed by atoms with Crippen LogP contribution in [0.4, 0.5) is 0 Å². The number of halogens is 2. The van der Waals surface area contributed by atoms with E-state index in [1.807, 2.05) is 12.4 Å². The van der Waals surface area contributed by atoms with E-state index in [4.69, 9.17) is 0 Å². The molecule has 0 saturated carbocycles. The third-order valence-electron chi connectivity index (χ3n) is 2.59. The maximum atomic E-state index is 4.10. The molecule has 0 fully saturated rings. The highest BCUT2D eigenvalue weighted by Crippen LogP contribution is 2.29. The molecule has 0 bridgehead atoms. The summed E-state index contributed by atoms with van der Waals surface area (Å²) in [7, 11) is 0. The van der Waals surface area contributed by atoms with Gasteiger partial charge < -0.3 is 5.32 Å². The van der Waals surface area contributed by atoms with Gasteiger partial charge in [0, 0.05) is 26.0 Å². The lowest BCUT2D eigenvalue weighted by molar-refractivity contribution is 0.623. The highest BCUT2D eigenvalue weighted by atomic mass is 127. The molecule has 94 valence electrons. The third-order valence-corrected chi connectivity index (χ3v) is 3.98. The smallest absolute Gasteiger partial charge is 0.115 e. The fourth-order valence-corrected chi connectivity index (χ4v) is 2.80. The Morgan fingerprint density at radius 2 is 2.06 bits per heavy atom. The molecule has 1 aromatic carbocycles. The van der Waals surface area contributed by atoms with Crippen molar-refractivity contribution in [2.45, 2.75) is 13.0 Å². The van der Waals surface area contributed by atoms with E-state index in [9.17, 15) is 0 Å². The Morgan fingerprint density at radius 3 is 2.72 bits per heavy atom. The molecule has 1 N–H and O–H groups in total. The molecule has 2 rings (SSSR count). The minimum Gasteiger partial charge on any atom is -0.306 e. The normalized spacial score (nSPS) is 12.4. The van der Waals surface area contributed by atoms with Gasteiger partial charge in [-0.05, 0) is 52.9 Å². The van der Waals surface area contributed by atoms with Crippen molar-refractivity contribution in [3.05, 3.63) is 56.1 Å². The van der Waals surface area contributed by atoms with Crippen LogP contribution in [0.1, 0.15) is 24.1 Å². The lowest BCUT2D eigenvalue weighted by Crippen LogP contribution is -2.22. The maximum Gasteiger partial charge on any atom is 0.115 e. The topological polar surface area (TPSA) is 37.8 Å². The fourth-order valence-electron chi connectivity index (χ4n) is 1.81. The summed E-state index contributed by atoms with van der Waals surface area (Å²) in [6, 6.07) is 6.44. The van der Waals surface area contributed by atoms with E-state index in [0.717, 1.165) is 16.6 Å². The van der Waals surface area contributed by atoms with Crippen LogP contribution in [0, 0.1) is 3.57 Å². The van der Waals surface area contributed by atoms with Gasteiger partial charge in [0.05, 0.1) is 6.04 Å².